The van der Waals surface area contributed by atoms with Gasteiger partial charge in [-0.25, -0.2) is 0 Å². The van der Waals surface area contributed by atoms with Crippen molar-refractivity contribution < 1.29 is 0 Å². The molecule has 0 atom stereocenters. The number of pyridine rings is 1. The highest BCUT2D eigenvalue weighted by molar-refractivity contribution is 7.19. The van der Waals surface area contributed by atoms with Gasteiger partial charge in [0.1, 0.15) is 0 Å². The van der Waals surface area contributed by atoms with Crippen LogP contribution in [0.3, 0.4) is 0 Å². The Morgan fingerprint density at radius 2 is 2.38 bits per heavy atom. The van der Waals surface area contributed by atoms with Crippen LogP contribution in [0.1, 0.15) is 4.88 Å². The molecule has 13 heavy (non-hydrogen) atoms. The predicted octanol–water partition coefficient (Wildman–Crippen LogP) is 1.09. The second kappa shape index (κ2) is 3.32. The molecule has 0 saturated carbocycles. The lowest BCUT2D eigenvalue weighted by Crippen LogP contribution is -2.01. The van der Waals surface area contributed by atoms with Crippen molar-refractivity contribution >= 4 is 21.4 Å². The molecule has 0 amide bonds. The van der Waals surface area contributed by atoms with Crippen molar-refractivity contribution in [2.45, 2.75) is 6.42 Å². The molecule has 3 nitrogen and oxygen atoms in total. The van der Waals surface area contributed by atoms with E-state index in [2.05, 4.69) is 4.98 Å². The Hall–Kier alpha value is -1.13. The Bertz CT molecular complexity index is 472. The molecule has 0 fully saturated rings. The summed E-state index contributed by atoms with van der Waals surface area (Å²) >= 11 is 1.52. The van der Waals surface area contributed by atoms with Gasteiger partial charge < -0.3 is 10.7 Å². The topological polar surface area (TPSA) is 58.9 Å². The van der Waals surface area contributed by atoms with Gasteiger partial charge in [0, 0.05) is 11.1 Å². The molecule has 2 aromatic heterocycles. The van der Waals surface area contributed by atoms with E-state index >= 15 is 0 Å². The molecule has 3 N–H and O–H groups in total. The average molecular weight is 194 g/mol. The maximum absolute atomic E-state index is 11.3. The maximum Gasteiger partial charge on any atom is 0.265 e. The number of rotatable bonds is 2. The molecule has 0 bridgehead atoms. The Labute approximate surface area is 79.2 Å². The quantitative estimate of drug-likeness (QED) is 0.751. The van der Waals surface area contributed by atoms with Crippen LogP contribution in [0.2, 0.25) is 0 Å². The number of nitrogens with two attached hydrogens (primary N) is 1. The monoisotopic (exact) mass is 194 g/mol. The van der Waals surface area contributed by atoms with Crippen molar-refractivity contribution in [1.29, 1.82) is 0 Å². The minimum Gasteiger partial charge on any atom is -0.330 e. The Kier molecular flexibility index (Phi) is 2.16. The molecule has 0 radical (unpaired) electrons. The Morgan fingerprint density at radius 1 is 1.54 bits per heavy atom. The number of thiophene rings is 1. The fourth-order valence-electron chi connectivity index (χ4n) is 1.30. The number of hydrogen-bond acceptors (Lipinski definition) is 3. The number of aromatic amines is 1. The molecule has 0 saturated heterocycles. The van der Waals surface area contributed by atoms with E-state index in [1.54, 1.807) is 6.20 Å². The third-order valence-electron chi connectivity index (χ3n) is 1.89. The molecular formula is C9H10N2OS. The van der Waals surface area contributed by atoms with E-state index in [-0.39, 0.29) is 5.56 Å². The molecule has 2 aromatic rings. The molecule has 0 aliphatic carbocycles. The van der Waals surface area contributed by atoms with Crippen LogP contribution in [-0.2, 0) is 6.42 Å². The van der Waals surface area contributed by atoms with E-state index in [0.29, 0.717) is 6.54 Å². The van der Waals surface area contributed by atoms with Crippen LogP contribution < -0.4 is 11.3 Å². The zero-order valence-corrected chi connectivity index (χ0v) is 7.86. The van der Waals surface area contributed by atoms with E-state index < -0.39 is 0 Å². The van der Waals surface area contributed by atoms with Gasteiger partial charge in [0.2, 0.25) is 0 Å². The molecule has 0 aromatic carbocycles. The summed E-state index contributed by atoms with van der Waals surface area (Å²) in [5.74, 6) is 0. The van der Waals surface area contributed by atoms with Crippen molar-refractivity contribution in [3.05, 3.63) is 33.6 Å². The number of aromatic nitrogens is 1. The predicted molar refractivity (Wildman–Crippen MR) is 55.2 cm³/mol. The summed E-state index contributed by atoms with van der Waals surface area (Å²) in [4.78, 5) is 15.1. The largest absolute Gasteiger partial charge is 0.330 e. The van der Waals surface area contributed by atoms with Gasteiger partial charge in [-0.2, -0.15) is 0 Å². The summed E-state index contributed by atoms with van der Waals surface area (Å²) < 4.78 is 0.797. The van der Waals surface area contributed by atoms with Crippen molar-refractivity contribution in [1.82, 2.24) is 4.98 Å². The highest BCUT2D eigenvalue weighted by Crippen LogP contribution is 2.21. The van der Waals surface area contributed by atoms with Crippen LogP contribution in [-0.4, -0.2) is 11.5 Å². The summed E-state index contributed by atoms with van der Waals surface area (Å²) in [6, 6.07) is 3.94. The third kappa shape index (κ3) is 1.50. The molecule has 0 aliphatic heterocycles. The van der Waals surface area contributed by atoms with Gasteiger partial charge in [-0.1, -0.05) is 0 Å². The third-order valence-corrected chi connectivity index (χ3v) is 3.10. The second-order valence-electron chi connectivity index (χ2n) is 2.84. The molecule has 0 aliphatic rings. The molecular weight excluding hydrogens is 184 g/mol. The van der Waals surface area contributed by atoms with E-state index in [9.17, 15) is 4.79 Å². The Balaban J connectivity index is 2.62. The standard InChI is InChI=1S/C9H10N2OS/c10-3-1-7-5-6-2-4-11-9(12)8(6)13-7/h2,4-5H,1,3,10H2,(H,11,12). The molecule has 2 heterocycles. The van der Waals surface area contributed by atoms with Crippen LogP contribution in [0.25, 0.3) is 10.1 Å². The summed E-state index contributed by atoms with van der Waals surface area (Å²) in [6.07, 6.45) is 2.52. The van der Waals surface area contributed by atoms with Crippen molar-refractivity contribution in [2.24, 2.45) is 5.73 Å². The smallest absolute Gasteiger partial charge is 0.265 e. The zero-order chi connectivity index (χ0) is 9.26. The second-order valence-corrected chi connectivity index (χ2v) is 3.98. The number of fused-ring (bicyclic) bond motifs is 1. The first-order valence-electron chi connectivity index (χ1n) is 4.11. The fourth-order valence-corrected chi connectivity index (χ4v) is 2.36. The normalized spacial score (nSPS) is 10.8. The Morgan fingerprint density at radius 3 is 3.08 bits per heavy atom. The van der Waals surface area contributed by atoms with Gasteiger partial charge in [-0.3, -0.25) is 4.79 Å². The molecule has 68 valence electrons. The first-order valence-corrected chi connectivity index (χ1v) is 4.93. The van der Waals surface area contributed by atoms with Gasteiger partial charge >= 0.3 is 0 Å². The van der Waals surface area contributed by atoms with Crippen LogP contribution >= 0.6 is 11.3 Å². The summed E-state index contributed by atoms with van der Waals surface area (Å²) in [5.41, 5.74) is 5.43. The van der Waals surface area contributed by atoms with Crippen molar-refractivity contribution in [2.75, 3.05) is 6.54 Å². The summed E-state index contributed by atoms with van der Waals surface area (Å²) in [6.45, 7) is 0.630. The lowest BCUT2D eigenvalue weighted by atomic mass is 10.3. The minimum atomic E-state index is -0.00854. The van der Waals surface area contributed by atoms with Gasteiger partial charge in [0.05, 0.1) is 4.70 Å². The fraction of sp³-hybridized carbons (Fsp3) is 0.222. The first kappa shape index (κ1) is 8.47. The summed E-state index contributed by atoms with van der Waals surface area (Å²) in [5, 5.41) is 1.01. The summed E-state index contributed by atoms with van der Waals surface area (Å²) in [7, 11) is 0. The van der Waals surface area contributed by atoms with Gasteiger partial charge in [-0.05, 0) is 30.5 Å². The number of nitrogens with one attached hydrogen (secondary N) is 1. The van der Waals surface area contributed by atoms with Crippen molar-refractivity contribution in [3.8, 4) is 0 Å². The van der Waals surface area contributed by atoms with Crippen LogP contribution in [0.4, 0.5) is 0 Å². The van der Waals surface area contributed by atoms with Gasteiger partial charge in [0.15, 0.2) is 0 Å². The van der Waals surface area contributed by atoms with E-state index in [4.69, 9.17) is 5.73 Å². The number of hydrogen-bond donors (Lipinski definition) is 2. The minimum absolute atomic E-state index is 0.00854. The lowest BCUT2D eigenvalue weighted by Gasteiger charge is -1.86. The first-order chi connectivity index (χ1) is 6.31. The van der Waals surface area contributed by atoms with Crippen LogP contribution in [0.15, 0.2) is 23.1 Å². The molecule has 2 rings (SSSR count). The van der Waals surface area contributed by atoms with Crippen LogP contribution in [0.5, 0.6) is 0 Å². The molecule has 0 unspecified atom stereocenters. The average Bonchev–Trinajstić information content (AvgIpc) is 2.49. The van der Waals surface area contributed by atoms with Crippen molar-refractivity contribution in [3.63, 3.8) is 0 Å². The van der Waals surface area contributed by atoms with E-state index in [1.165, 1.54) is 16.2 Å². The molecule has 4 heteroatoms. The number of H-pyrrole nitrogens is 1. The lowest BCUT2D eigenvalue weighted by molar-refractivity contribution is 0.989. The van der Waals surface area contributed by atoms with Gasteiger partial charge in [-0.15, -0.1) is 11.3 Å². The highest BCUT2D eigenvalue weighted by atomic mass is 32.1. The zero-order valence-electron chi connectivity index (χ0n) is 7.04. The van der Waals surface area contributed by atoms with Gasteiger partial charge in [0.25, 0.3) is 5.56 Å². The van der Waals surface area contributed by atoms with Crippen LogP contribution in [0, 0.1) is 0 Å². The maximum atomic E-state index is 11.3. The SMILES string of the molecule is NCCc1cc2cc[nH]c(=O)c2s1. The van der Waals surface area contributed by atoms with E-state index in [0.717, 1.165) is 16.5 Å². The van der Waals surface area contributed by atoms with E-state index in [1.807, 2.05) is 12.1 Å². The highest BCUT2D eigenvalue weighted by Gasteiger charge is 2.03. The molecule has 0 spiro atoms.